The van der Waals surface area contributed by atoms with E-state index in [1.54, 1.807) is 0 Å². The third-order valence-electron chi connectivity index (χ3n) is 3.04. The van der Waals surface area contributed by atoms with Crippen molar-refractivity contribution in [1.82, 2.24) is 19.7 Å². The smallest absolute Gasteiger partial charge is 0.165 e. The van der Waals surface area contributed by atoms with Crippen LogP contribution in [-0.4, -0.2) is 26.3 Å². The maximum Gasteiger partial charge on any atom is 0.165 e. The van der Waals surface area contributed by atoms with Crippen molar-refractivity contribution in [1.29, 1.82) is 0 Å². The van der Waals surface area contributed by atoms with E-state index in [1.807, 2.05) is 31.8 Å². The number of anilines is 1. The molecule has 0 aromatic carbocycles. The minimum absolute atomic E-state index is 0.738. The van der Waals surface area contributed by atoms with E-state index in [-0.39, 0.29) is 0 Å². The van der Waals surface area contributed by atoms with Gasteiger partial charge >= 0.3 is 0 Å². The normalized spacial score (nSPS) is 10.8. The molecule has 1 N–H and O–H groups in total. The predicted molar refractivity (Wildman–Crippen MR) is 85.2 cm³/mol. The Morgan fingerprint density at radius 1 is 1.32 bits per heavy atom. The van der Waals surface area contributed by atoms with Gasteiger partial charge < -0.3 is 5.32 Å². The highest BCUT2D eigenvalue weighted by Crippen LogP contribution is 2.25. The van der Waals surface area contributed by atoms with Crippen LogP contribution in [0, 0.1) is 17.4 Å². The summed E-state index contributed by atoms with van der Waals surface area (Å²) in [5, 5.41) is 7.60. The van der Waals surface area contributed by atoms with Crippen molar-refractivity contribution in [2.75, 3.05) is 11.9 Å². The minimum Gasteiger partial charge on any atom is -0.369 e. The molecule has 6 heteroatoms. The van der Waals surface area contributed by atoms with E-state index >= 15 is 0 Å². The van der Waals surface area contributed by atoms with Gasteiger partial charge in [0.05, 0.1) is 21.0 Å². The molecule has 0 saturated heterocycles. The molecule has 0 saturated carbocycles. The molecule has 102 valence electrons. The van der Waals surface area contributed by atoms with Gasteiger partial charge in [-0.3, -0.25) is 4.68 Å². The summed E-state index contributed by atoms with van der Waals surface area (Å²) in [5.41, 5.74) is 3.05. The Labute approximate surface area is 127 Å². The Kier molecular flexibility index (Phi) is 4.38. The molecule has 19 heavy (non-hydrogen) atoms. The molecule has 0 atom stereocenters. The van der Waals surface area contributed by atoms with Crippen molar-refractivity contribution in [2.24, 2.45) is 7.05 Å². The highest BCUT2D eigenvalue weighted by Gasteiger charge is 2.14. The third-order valence-corrected chi connectivity index (χ3v) is 4.33. The molecule has 0 bridgehead atoms. The first-order valence-electron chi connectivity index (χ1n) is 6.31. The van der Waals surface area contributed by atoms with E-state index in [0.717, 1.165) is 45.1 Å². The number of nitrogens with zero attached hydrogens (tertiary/aromatic N) is 4. The Morgan fingerprint density at radius 3 is 2.63 bits per heavy atom. The summed E-state index contributed by atoms with van der Waals surface area (Å²) in [6.07, 6.45) is 2.89. The van der Waals surface area contributed by atoms with Crippen molar-refractivity contribution in [2.45, 2.75) is 27.2 Å². The average molecular weight is 371 g/mol. The topological polar surface area (TPSA) is 55.6 Å². The third kappa shape index (κ3) is 2.88. The van der Waals surface area contributed by atoms with Gasteiger partial charge in [-0.1, -0.05) is 6.92 Å². The number of hydrogen-bond acceptors (Lipinski definition) is 4. The molecule has 0 aliphatic carbocycles. The second-order valence-electron chi connectivity index (χ2n) is 4.49. The molecule has 0 spiro atoms. The van der Waals surface area contributed by atoms with Crippen LogP contribution >= 0.6 is 22.6 Å². The summed E-state index contributed by atoms with van der Waals surface area (Å²) in [6, 6.07) is 0. The van der Waals surface area contributed by atoms with Crippen LogP contribution in [0.3, 0.4) is 0 Å². The van der Waals surface area contributed by atoms with Crippen LogP contribution < -0.4 is 5.32 Å². The van der Waals surface area contributed by atoms with Crippen LogP contribution in [-0.2, 0) is 7.05 Å². The first-order chi connectivity index (χ1) is 9.04. The van der Waals surface area contributed by atoms with Crippen LogP contribution in [0.4, 0.5) is 5.82 Å². The monoisotopic (exact) mass is 371 g/mol. The van der Waals surface area contributed by atoms with Gasteiger partial charge in [-0.25, -0.2) is 9.97 Å². The number of rotatable bonds is 4. The molecule has 0 amide bonds. The van der Waals surface area contributed by atoms with Gasteiger partial charge in [0.2, 0.25) is 0 Å². The van der Waals surface area contributed by atoms with Crippen LogP contribution in [0.25, 0.3) is 11.4 Å². The second-order valence-corrected chi connectivity index (χ2v) is 5.57. The fraction of sp³-hybridized carbons (Fsp3) is 0.462. The maximum absolute atomic E-state index is 4.63. The quantitative estimate of drug-likeness (QED) is 0.840. The Morgan fingerprint density at radius 2 is 2.05 bits per heavy atom. The molecule has 2 heterocycles. The zero-order valence-electron chi connectivity index (χ0n) is 11.7. The summed E-state index contributed by atoms with van der Waals surface area (Å²) in [4.78, 5) is 9.21. The van der Waals surface area contributed by atoms with E-state index in [0.29, 0.717) is 0 Å². The Hall–Kier alpha value is -1.18. The summed E-state index contributed by atoms with van der Waals surface area (Å²) >= 11 is 2.29. The lowest BCUT2D eigenvalue weighted by molar-refractivity contribution is 0.740. The minimum atomic E-state index is 0.738. The maximum atomic E-state index is 4.63. The molecule has 0 fully saturated rings. The molecule has 0 aliphatic rings. The van der Waals surface area contributed by atoms with Gasteiger partial charge in [0, 0.05) is 19.3 Å². The number of nitrogens with one attached hydrogen (secondary N) is 1. The number of aryl methyl sites for hydroxylation is 2. The molecule has 0 radical (unpaired) electrons. The molecule has 2 aromatic heterocycles. The number of hydrogen-bond donors (Lipinski definition) is 1. The van der Waals surface area contributed by atoms with Gasteiger partial charge in [0.15, 0.2) is 5.82 Å². The first kappa shape index (κ1) is 14.2. The lowest BCUT2D eigenvalue weighted by Crippen LogP contribution is -2.07. The average Bonchev–Trinajstić information content (AvgIpc) is 2.72. The molecule has 2 rings (SSSR count). The lowest BCUT2D eigenvalue weighted by atomic mass is 10.2. The highest BCUT2D eigenvalue weighted by atomic mass is 127. The molecule has 0 aliphatic heterocycles. The molecular weight excluding hydrogens is 353 g/mol. The van der Waals surface area contributed by atoms with Crippen LogP contribution in [0.5, 0.6) is 0 Å². The molecule has 5 nitrogen and oxygen atoms in total. The highest BCUT2D eigenvalue weighted by molar-refractivity contribution is 14.1. The summed E-state index contributed by atoms with van der Waals surface area (Å²) < 4.78 is 2.92. The lowest BCUT2D eigenvalue weighted by Gasteiger charge is -2.10. The van der Waals surface area contributed by atoms with Gasteiger partial charge in [0.1, 0.15) is 5.82 Å². The number of halogens is 1. The van der Waals surface area contributed by atoms with E-state index in [2.05, 4.69) is 49.9 Å². The van der Waals surface area contributed by atoms with Crippen molar-refractivity contribution >= 4 is 28.4 Å². The van der Waals surface area contributed by atoms with Crippen LogP contribution in [0.15, 0.2) is 6.20 Å². The summed E-state index contributed by atoms with van der Waals surface area (Å²) in [6.45, 7) is 7.09. The fourth-order valence-corrected chi connectivity index (χ4v) is 2.19. The van der Waals surface area contributed by atoms with Crippen molar-refractivity contribution in [3.8, 4) is 11.4 Å². The van der Waals surface area contributed by atoms with Gasteiger partial charge in [-0.05, 0) is 42.9 Å². The van der Waals surface area contributed by atoms with Crippen LogP contribution in [0.2, 0.25) is 0 Å². The Balaban J connectivity index is 2.47. The van der Waals surface area contributed by atoms with Crippen molar-refractivity contribution in [3.05, 3.63) is 21.2 Å². The zero-order valence-corrected chi connectivity index (χ0v) is 13.8. The van der Waals surface area contributed by atoms with E-state index in [4.69, 9.17) is 0 Å². The summed E-state index contributed by atoms with van der Waals surface area (Å²) in [7, 11) is 1.93. The second kappa shape index (κ2) is 5.85. The number of aromatic nitrogens is 4. The first-order valence-corrected chi connectivity index (χ1v) is 7.39. The van der Waals surface area contributed by atoms with Crippen molar-refractivity contribution < 1.29 is 0 Å². The standard InChI is InChI=1S/C13H18IN5/c1-5-6-15-13-11(14)8(2)17-12(18-13)10-7-16-19(4)9(10)3/h7H,5-6H2,1-4H3,(H,15,17,18). The largest absolute Gasteiger partial charge is 0.369 e. The van der Waals surface area contributed by atoms with Gasteiger partial charge in [-0.15, -0.1) is 0 Å². The predicted octanol–water partition coefficient (Wildman–Crippen LogP) is 2.92. The van der Waals surface area contributed by atoms with Gasteiger partial charge in [-0.2, -0.15) is 5.10 Å². The molecular formula is C13H18IN5. The van der Waals surface area contributed by atoms with Gasteiger partial charge in [0.25, 0.3) is 0 Å². The van der Waals surface area contributed by atoms with Crippen molar-refractivity contribution in [3.63, 3.8) is 0 Å². The van der Waals surface area contributed by atoms with Crippen LogP contribution in [0.1, 0.15) is 24.7 Å². The van der Waals surface area contributed by atoms with E-state index in [1.165, 1.54) is 0 Å². The molecule has 2 aromatic rings. The Bertz CT molecular complexity index is 591. The zero-order chi connectivity index (χ0) is 14.0. The van der Waals surface area contributed by atoms with E-state index < -0.39 is 0 Å². The summed E-state index contributed by atoms with van der Waals surface area (Å²) in [5.74, 6) is 1.65. The van der Waals surface area contributed by atoms with E-state index in [9.17, 15) is 0 Å². The molecule has 0 unspecified atom stereocenters. The fourth-order valence-electron chi connectivity index (χ4n) is 1.76. The SMILES string of the molecule is CCCNc1nc(-c2cnn(C)c2C)nc(C)c1I.